The van der Waals surface area contributed by atoms with E-state index < -0.39 is 0 Å². The van der Waals surface area contributed by atoms with Crippen LogP contribution in [0.2, 0.25) is 5.02 Å². The molecule has 1 fully saturated rings. The van der Waals surface area contributed by atoms with Crippen molar-refractivity contribution in [3.63, 3.8) is 0 Å². The molecule has 0 bridgehead atoms. The summed E-state index contributed by atoms with van der Waals surface area (Å²) in [5.74, 6) is -0.521. The van der Waals surface area contributed by atoms with Crippen molar-refractivity contribution in [2.45, 2.75) is 32.2 Å². The van der Waals surface area contributed by atoms with E-state index in [2.05, 4.69) is 15.5 Å². The van der Waals surface area contributed by atoms with Gasteiger partial charge in [-0.15, -0.1) is 11.3 Å². The largest absolute Gasteiger partial charge is 0.355 e. The van der Waals surface area contributed by atoms with Crippen molar-refractivity contribution in [1.82, 2.24) is 15.5 Å². The number of piperidine rings is 1. The summed E-state index contributed by atoms with van der Waals surface area (Å²) in [7, 11) is 0. The van der Waals surface area contributed by atoms with Crippen LogP contribution in [0.5, 0.6) is 0 Å². The number of hydrogen-bond donors (Lipinski definition) is 2. The van der Waals surface area contributed by atoms with E-state index in [1.165, 1.54) is 23.5 Å². The van der Waals surface area contributed by atoms with Crippen LogP contribution in [0.25, 0.3) is 10.1 Å². The number of thiophene rings is 1. The highest BCUT2D eigenvalue weighted by Gasteiger charge is 2.24. The average Bonchev–Trinajstić information content (AvgIpc) is 2.97. The highest BCUT2D eigenvalue weighted by Crippen LogP contribution is 2.35. The van der Waals surface area contributed by atoms with Crippen molar-refractivity contribution in [3.8, 4) is 0 Å². The summed E-state index contributed by atoms with van der Waals surface area (Å²) in [4.78, 5) is 26.9. The zero-order chi connectivity index (χ0) is 19.4. The fraction of sp³-hybridized carbons (Fsp3) is 0.474. The number of fused-ring (bicyclic) bond motifs is 1. The molecular formula is C19H23ClFN3O2S. The number of amides is 2. The number of likely N-dealkylation sites (tertiary alicyclic amines) is 1. The number of benzene rings is 1. The number of carbonyl (C=O) groups is 2. The van der Waals surface area contributed by atoms with Crippen LogP contribution in [0.15, 0.2) is 18.2 Å². The number of nitrogens with zero attached hydrogens (tertiary/aromatic N) is 1. The van der Waals surface area contributed by atoms with E-state index in [0.29, 0.717) is 33.1 Å². The number of halogens is 2. The second-order valence-electron chi connectivity index (χ2n) is 6.76. The van der Waals surface area contributed by atoms with Crippen molar-refractivity contribution >= 4 is 44.8 Å². The van der Waals surface area contributed by atoms with Gasteiger partial charge in [-0.1, -0.05) is 18.5 Å². The molecule has 27 heavy (non-hydrogen) atoms. The third kappa shape index (κ3) is 4.97. The topological polar surface area (TPSA) is 61.4 Å². The van der Waals surface area contributed by atoms with E-state index in [4.69, 9.17) is 11.6 Å². The van der Waals surface area contributed by atoms with Gasteiger partial charge in [-0.05, 0) is 37.5 Å². The minimum atomic E-state index is -0.345. The summed E-state index contributed by atoms with van der Waals surface area (Å²) in [5.41, 5.74) is 0. The van der Waals surface area contributed by atoms with E-state index in [0.717, 1.165) is 32.4 Å². The molecule has 3 rings (SSSR count). The molecule has 1 aromatic heterocycles. The summed E-state index contributed by atoms with van der Waals surface area (Å²) in [6.07, 6.45) is 2.49. The quantitative estimate of drug-likeness (QED) is 0.765. The van der Waals surface area contributed by atoms with Crippen molar-refractivity contribution in [2.75, 3.05) is 26.2 Å². The normalized spacial score (nSPS) is 15.8. The van der Waals surface area contributed by atoms with Crippen molar-refractivity contribution in [1.29, 1.82) is 0 Å². The molecule has 0 atom stereocenters. The molecule has 0 saturated carbocycles. The van der Waals surface area contributed by atoms with Gasteiger partial charge in [0.25, 0.3) is 5.91 Å². The molecular weight excluding hydrogens is 389 g/mol. The Labute approximate surface area is 166 Å². The molecule has 0 unspecified atom stereocenters. The van der Waals surface area contributed by atoms with Crippen LogP contribution >= 0.6 is 22.9 Å². The third-order valence-electron chi connectivity index (χ3n) is 4.66. The zero-order valence-electron chi connectivity index (χ0n) is 15.2. The molecule has 2 heterocycles. The Balaban J connectivity index is 1.54. The van der Waals surface area contributed by atoms with E-state index >= 15 is 0 Å². The van der Waals surface area contributed by atoms with Crippen LogP contribution < -0.4 is 10.6 Å². The molecule has 146 valence electrons. The summed E-state index contributed by atoms with van der Waals surface area (Å²) >= 11 is 7.52. The van der Waals surface area contributed by atoms with Gasteiger partial charge < -0.3 is 10.6 Å². The molecule has 5 nitrogen and oxygen atoms in total. The molecule has 8 heteroatoms. The van der Waals surface area contributed by atoms with Crippen LogP contribution in [0.3, 0.4) is 0 Å². The third-order valence-corrected chi connectivity index (χ3v) is 6.32. The number of carbonyl (C=O) groups excluding carboxylic acids is 2. The minimum absolute atomic E-state index is 0.0450. The highest BCUT2D eigenvalue weighted by atomic mass is 35.5. The number of hydrogen-bond acceptors (Lipinski definition) is 4. The standard InChI is InChI=1S/C19H23ClFN3O2S/c1-2-7-22-16(25)11-24-8-5-13(6-9-24)23-19(26)18-17(20)14-4-3-12(21)10-15(14)27-18/h3-4,10,13H,2,5-9,11H2,1H3,(H,22,25)(H,23,26). The lowest BCUT2D eigenvalue weighted by Gasteiger charge is -2.31. The summed E-state index contributed by atoms with van der Waals surface area (Å²) < 4.78 is 14.0. The van der Waals surface area contributed by atoms with E-state index in [-0.39, 0.29) is 23.7 Å². The maximum Gasteiger partial charge on any atom is 0.263 e. The lowest BCUT2D eigenvalue weighted by molar-refractivity contribution is -0.122. The monoisotopic (exact) mass is 411 g/mol. The molecule has 1 aromatic carbocycles. The first kappa shape index (κ1) is 20.0. The molecule has 1 saturated heterocycles. The molecule has 0 radical (unpaired) electrons. The zero-order valence-corrected chi connectivity index (χ0v) is 16.8. The van der Waals surface area contributed by atoms with Crippen LogP contribution in [0.4, 0.5) is 4.39 Å². The van der Waals surface area contributed by atoms with Crippen molar-refractivity contribution in [2.24, 2.45) is 0 Å². The van der Waals surface area contributed by atoms with E-state index in [1.54, 1.807) is 6.07 Å². The van der Waals surface area contributed by atoms with Crippen LogP contribution in [-0.4, -0.2) is 48.9 Å². The van der Waals surface area contributed by atoms with Gasteiger partial charge in [-0.2, -0.15) is 0 Å². The molecule has 1 aliphatic rings. The van der Waals surface area contributed by atoms with Crippen LogP contribution in [0.1, 0.15) is 35.9 Å². The lowest BCUT2D eigenvalue weighted by atomic mass is 10.0. The van der Waals surface area contributed by atoms with Gasteiger partial charge in [0.15, 0.2) is 0 Å². The predicted octanol–water partition coefficient (Wildman–Crippen LogP) is 3.41. The lowest BCUT2D eigenvalue weighted by Crippen LogP contribution is -2.47. The smallest absolute Gasteiger partial charge is 0.263 e. The Morgan fingerprint density at radius 3 is 2.78 bits per heavy atom. The maximum absolute atomic E-state index is 13.4. The van der Waals surface area contributed by atoms with E-state index in [1.807, 2.05) is 6.92 Å². The Morgan fingerprint density at radius 1 is 1.33 bits per heavy atom. The molecule has 1 aliphatic heterocycles. The molecule has 0 aliphatic carbocycles. The highest BCUT2D eigenvalue weighted by molar-refractivity contribution is 7.21. The molecule has 2 amide bonds. The Kier molecular flexibility index (Phi) is 6.68. The number of nitrogens with one attached hydrogen (secondary N) is 2. The van der Waals surface area contributed by atoms with Crippen molar-refractivity contribution in [3.05, 3.63) is 33.9 Å². The van der Waals surface area contributed by atoms with Crippen molar-refractivity contribution < 1.29 is 14.0 Å². The Bertz CT molecular complexity index is 834. The summed E-state index contributed by atoms with van der Waals surface area (Å²) in [6.45, 7) is 4.64. The fourth-order valence-electron chi connectivity index (χ4n) is 3.19. The maximum atomic E-state index is 13.4. The van der Waals surface area contributed by atoms with Gasteiger partial charge in [-0.3, -0.25) is 14.5 Å². The first-order valence-electron chi connectivity index (χ1n) is 9.15. The van der Waals surface area contributed by atoms with Crippen LogP contribution in [-0.2, 0) is 4.79 Å². The van der Waals surface area contributed by atoms with Gasteiger partial charge in [0, 0.05) is 35.8 Å². The predicted molar refractivity (Wildman–Crippen MR) is 107 cm³/mol. The second-order valence-corrected chi connectivity index (χ2v) is 8.19. The fourth-order valence-corrected chi connectivity index (χ4v) is 4.64. The molecule has 0 spiro atoms. The van der Waals surface area contributed by atoms with Gasteiger partial charge in [-0.25, -0.2) is 4.39 Å². The van der Waals surface area contributed by atoms with E-state index in [9.17, 15) is 14.0 Å². The summed E-state index contributed by atoms with van der Waals surface area (Å²) in [6, 6.07) is 4.38. The minimum Gasteiger partial charge on any atom is -0.355 e. The second kappa shape index (κ2) is 8.99. The Hall–Kier alpha value is -1.70. The first-order chi connectivity index (χ1) is 13.0. The van der Waals surface area contributed by atoms with Gasteiger partial charge in [0.2, 0.25) is 5.91 Å². The molecule has 2 aromatic rings. The number of rotatable bonds is 6. The average molecular weight is 412 g/mol. The van der Waals surface area contributed by atoms with Gasteiger partial charge in [0.1, 0.15) is 10.7 Å². The summed E-state index contributed by atoms with van der Waals surface area (Å²) in [5, 5.41) is 6.97. The first-order valence-corrected chi connectivity index (χ1v) is 10.3. The van der Waals surface area contributed by atoms with Gasteiger partial charge >= 0.3 is 0 Å². The Morgan fingerprint density at radius 2 is 2.07 bits per heavy atom. The van der Waals surface area contributed by atoms with Gasteiger partial charge in [0.05, 0.1) is 11.6 Å². The molecule has 2 N–H and O–H groups in total. The SMILES string of the molecule is CCCNC(=O)CN1CCC(NC(=O)c2sc3cc(F)ccc3c2Cl)CC1. The van der Waals surface area contributed by atoms with Crippen LogP contribution in [0, 0.1) is 5.82 Å².